The van der Waals surface area contributed by atoms with Crippen molar-refractivity contribution in [3.63, 3.8) is 0 Å². The standard InChI is InChI=1S/C13H14BrN3O/c1-18-11-5-4-8(14)12-10(17-15)6-9(7-2-3-7)16-13(11)12/h4-7H,2-3,15H2,1H3,(H,16,17). The molecule has 0 saturated heterocycles. The van der Waals surface area contributed by atoms with E-state index in [1.54, 1.807) is 7.11 Å². The number of rotatable bonds is 3. The molecule has 4 nitrogen and oxygen atoms in total. The maximum absolute atomic E-state index is 5.63. The van der Waals surface area contributed by atoms with Crippen molar-refractivity contribution in [2.45, 2.75) is 18.8 Å². The van der Waals surface area contributed by atoms with Gasteiger partial charge in [-0.1, -0.05) is 15.9 Å². The van der Waals surface area contributed by atoms with Crippen LogP contribution in [-0.2, 0) is 0 Å². The molecular formula is C13H14BrN3O. The molecule has 1 aliphatic carbocycles. The molecule has 3 rings (SSSR count). The van der Waals surface area contributed by atoms with Crippen LogP contribution in [0.2, 0.25) is 0 Å². The van der Waals surface area contributed by atoms with Gasteiger partial charge in [-0.25, -0.2) is 4.98 Å². The van der Waals surface area contributed by atoms with E-state index in [0.717, 1.165) is 32.5 Å². The zero-order valence-corrected chi connectivity index (χ0v) is 11.6. The zero-order valence-electron chi connectivity index (χ0n) is 10.0. The van der Waals surface area contributed by atoms with Crippen molar-refractivity contribution in [3.05, 3.63) is 28.4 Å². The van der Waals surface area contributed by atoms with Crippen LogP contribution in [0, 0.1) is 0 Å². The van der Waals surface area contributed by atoms with Gasteiger partial charge in [0.1, 0.15) is 11.3 Å². The van der Waals surface area contributed by atoms with Crippen molar-refractivity contribution in [3.8, 4) is 5.75 Å². The highest BCUT2D eigenvalue weighted by Crippen LogP contribution is 2.43. The summed E-state index contributed by atoms with van der Waals surface area (Å²) in [5.41, 5.74) is 5.58. The van der Waals surface area contributed by atoms with Gasteiger partial charge in [-0.2, -0.15) is 0 Å². The van der Waals surface area contributed by atoms with Gasteiger partial charge < -0.3 is 10.2 Å². The van der Waals surface area contributed by atoms with Crippen molar-refractivity contribution >= 4 is 32.5 Å². The molecule has 0 spiro atoms. The Morgan fingerprint density at radius 1 is 1.44 bits per heavy atom. The van der Waals surface area contributed by atoms with E-state index in [2.05, 4.69) is 21.4 Å². The Bertz CT molecular complexity index is 611. The first-order valence-corrected chi connectivity index (χ1v) is 6.67. The van der Waals surface area contributed by atoms with E-state index in [0.29, 0.717) is 5.92 Å². The van der Waals surface area contributed by atoms with Crippen molar-refractivity contribution in [1.29, 1.82) is 0 Å². The van der Waals surface area contributed by atoms with Crippen LogP contribution in [0.4, 0.5) is 5.69 Å². The number of nitrogens with one attached hydrogen (secondary N) is 1. The molecule has 0 radical (unpaired) electrons. The van der Waals surface area contributed by atoms with Crippen LogP contribution >= 0.6 is 15.9 Å². The number of anilines is 1. The Morgan fingerprint density at radius 3 is 2.83 bits per heavy atom. The number of halogens is 1. The highest BCUT2D eigenvalue weighted by Gasteiger charge is 2.26. The molecule has 18 heavy (non-hydrogen) atoms. The topological polar surface area (TPSA) is 60.2 Å². The number of hydrogen-bond acceptors (Lipinski definition) is 4. The number of benzene rings is 1. The Kier molecular flexibility index (Phi) is 2.87. The largest absolute Gasteiger partial charge is 0.494 e. The van der Waals surface area contributed by atoms with Gasteiger partial charge in [0.2, 0.25) is 0 Å². The molecule has 94 valence electrons. The number of nitrogens with two attached hydrogens (primary N) is 1. The van der Waals surface area contributed by atoms with E-state index in [-0.39, 0.29) is 0 Å². The van der Waals surface area contributed by atoms with Crippen molar-refractivity contribution in [1.82, 2.24) is 4.98 Å². The van der Waals surface area contributed by atoms with Crippen LogP contribution in [0.3, 0.4) is 0 Å². The summed E-state index contributed by atoms with van der Waals surface area (Å²) in [6.07, 6.45) is 2.41. The molecule has 1 heterocycles. The lowest BCUT2D eigenvalue weighted by molar-refractivity contribution is 0.418. The molecule has 0 aliphatic heterocycles. The second kappa shape index (κ2) is 4.40. The fourth-order valence-electron chi connectivity index (χ4n) is 2.16. The maximum atomic E-state index is 5.63. The summed E-state index contributed by atoms with van der Waals surface area (Å²) in [4.78, 5) is 4.73. The Balaban J connectivity index is 2.34. The van der Waals surface area contributed by atoms with E-state index < -0.39 is 0 Å². The third kappa shape index (κ3) is 1.83. The smallest absolute Gasteiger partial charge is 0.145 e. The predicted octanol–water partition coefficient (Wildman–Crippen LogP) is 3.17. The predicted molar refractivity (Wildman–Crippen MR) is 75.8 cm³/mol. The van der Waals surface area contributed by atoms with E-state index in [1.165, 1.54) is 12.8 Å². The molecule has 1 saturated carbocycles. The quantitative estimate of drug-likeness (QED) is 0.675. The number of hydrogen-bond donors (Lipinski definition) is 2. The van der Waals surface area contributed by atoms with Gasteiger partial charge >= 0.3 is 0 Å². The molecular weight excluding hydrogens is 294 g/mol. The molecule has 0 amide bonds. The van der Waals surface area contributed by atoms with Crippen LogP contribution in [-0.4, -0.2) is 12.1 Å². The molecule has 0 unspecified atom stereocenters. The summed E-state index contributed by atoms with van der Waals surface area (Å²) in [5.74, 6) is 6.97. The lowest BCUT2D eigenvalue weighted by atomic mass is 10.1. The van der Waals surface area contributed by atoms with Gasteiger partial charge in [0.05, 0.1) is 12.8 Å². The minimum atomic E-state index is 0.574. The average Bonchev–Trinajstić information content (AvgIpc) is 3.22. The second-order valence-electron chi connectivity index (χ2n) is 4.49. The van der Waals surface area contributed by atoms with Crippen LogP contribution < -0.4 is 16.0 Å². The van der Waals surface area contributed by atoms with Gasteiger partial charge in [0.15, 0.2) is 0 Å². The number of ether oxygens (including phenoxy) is 1. The summed E-state index contributed by atoms with van der Waals surface area (Å²) in [7, 11) is 1.66. The molecule has 2 aromatic rings. The third-order valence-corrected chi connectivity index (χ3v) is 3.92. The summed E-state index contributed by atoms with van der Waals surface area (Å²) >= 11 is 3.54. The first kappa shape index (κ1) is 11.7. The Morgan fingerprint density at radius 2 is 2.22 bits per heavy atom. The van der Waals surface area contributed by atoms with Crippen molar-refractivity contribution < 1.29 is 4.74 Å². The maximum Gasteiger partial charge on any atom is 0.145 e. The fraction of sp³-hybridized carbons (Fsp3) is 0.308. The van der Waals surface area contributed by atoms with E-state index in [1.807, 2.05) is 18.2 Å². The summed E-state index contributed by atoms with van der Waals surface area (Å²) in [5, 5.41) is 0.959. The summed E-state index contributed by atoms with van der Waals surface area (Å²) in [6, 6.07) is 5.89. The summed E-state index contributed by atoms with van der Waals surface area (Å²) < 4.78 is 6.34. The lowest BCUT2D eigenvalue weighted by Crippen LogP contribution is -2.09. The Hall–Kier alpha value is -1.33. The molecule has 0 atom stereocenters. The highest BCUT2D eigenvalue weighted by molar-refractivity contribution is 9.10. The number of nitrogen functional groups attached to an aromatic ring is 1. The minimum Gasteiger partial charge on any atom is -0.494 e. The van der Waals surface area contributed by atoms with Gasteiger partial charge in [-0.15, -0.1) is 0 Å². The van der Waals surface area contributed by atoms with Crippen LogP contribution in [0.1, 0.15) is 24.5 Å². The number of aromatic nitrogens is 1. The van der Waals surface area contributed by atoms with Crippen molar-refractivity contribution in [2.24, 2.45) is 5.84 Å². The van der Waals surface area contributed by atoms with Crippen LogP contribution in [0.15, 0.2) is 22.7 Å². The lowest BCUT2D eigenvalue weighted by Gasteiger charge is -2.12. The molecule has 3 N–H and O–H groups in total. The van der Waals surface area contributed by atoms with Gasteiger partial charge in [-0.05, 0) is 31.0 Å². The average molecular weight is 308 g/mol. The van der Waals surface area contributed by atoms with Crippen molar-refractivity contribution in [2.75, 3.05) is 12.5 Å². The molecule has 1 aromatic carbocycles. The third-order valence-electron chi connectivity index (χ3n) is 3.26. The van der Waals surface area contributed by atoms with Crippen LogP contribution in [0.5, 0.6) is 5.75 Å². The number of nitrogens with zero attached hydrogens (tertiary/aromatic N) is 1. The second-order valence-corrected chi connectivity index (χ2v) is 5.34. The van der Waals surface area contributed by atoms with Gasteiger partial charge in [0.25, 0.3) is 0 Å². The number of methoxy groups -OCH3 is 1. The number of hydrazine groups is 1. The fourth-order valence-corrected chi connectivity index (χ4v) is 2.70. The van der Waals surface area contributed by atoms with E-state index >= 15 is 0 Å². The molecule has 5 heteroatoms. The van der Waals surface area contributed by atoms with Gasteiger partial charge in [0, 0.05) is 21.5 Å². The van der Waals surface area contributed by atoms with E-state index in [4.69, 9.17) is 15.6 Å². The van der Waals surface area contributed by atoms with Crippen LogP contribution in [0.25, 0.3) is 10.9 Å². The zero-order chi connectivity index (χ0) is 12.7. The minimum absolute atomic E-state index is 0.574. The summed E-state index contributed by atoms with van der Waals surface area (Å²) in [6.45, 7) is 0. The van der Waals surface area contributed by atoms with Gasteiger partial charge in [-0.3, -0.25) is 5.84 Å². The number of fused-ring (bicyclic) bond motifs is 1. The molecule has 1 aliphatic rings. The molecule has 1 aromatic heterocycles. The first-order chi connectivity index (χ1) is 8.74. The highest BCUT2D eigenvalue weighted by atomic mass is 79.9. The molecule has 0 bridgehead atoms. The monoisotopic (exact) mass is 307 g/mol. The molecule has 1 fully saturated rings. The normalized spacial score (nSPS) is 14.8. The number of pyridine rings is 1. The van der Waals surface area contributed by atoms with E-state index in [9.17, 15) is 0 Å². The first-order valence-electron chi connectivity index (χ1n) is 5.88. The SMILES string of the molecule is COc1ccc(Br)c2c(NN)cc(C3CC3)nc12. The Labute approximate surface area is 114 Å².